The van der Waals surface area contributed by atoms with Gasteiger partial charge in [0.1, 0.15) is 5.82 Å². The molecule has 0 saturated carbocycles. The van der Waals surface area contributed by atoms with Crippen molar-refractivity contribution in [2.75, 3.05) is 5.32 Å². The Morgan fingerprint density at radius 1 is 1.17 bits per heavy atom. The largest absolute Gasteiger partial charge is 0.481 e. The van der Waals surface area contributed by atoms with Crippen molar-refractivity contribution in [1.82, 2.24) is 9.97 Å². The van der Waals surface area contributed by atoms with Crippen LogP contribution in [0.3, 0.4) is 0 Å². The van der Waals surface area contributed by atoms with Crippen molar-refractivity contribution in [3.63, 3.8) is 0 Å². The van der Waals surface area contributed by atoms with Crippen LogP contribution in [0.4, 0.5) is 11.4 Å². The Morgan fingerprint density at radius 3 is 2.33 bits per heavy atom. The zero-order chi connectivity index (χ0) is 13.0. The average molecular weight is 243 g/mol. The van der Waals surface area contributed by atoms with Gasteiger partial charge >= 0.3 is 5.97 Å². The number of benzene rings is 1. The van der Waals surface area contributed by atoms with Gasteiger partial charge in [0.05, 0.1) is 24.5 Å². The summed E-state index contributed by atoms with van der Waals surface area (Å²) in [4.78, 5) is 18.7. The summed E-state index contributed by atoms with van der Waals surface area (Å²) in [6, 6.07) is 7.23. The monoisotopic (exact) mass is 243 g/mol. The Bertz CT molecular complexity index is 535. The molecular weight excluding hydrogens is 230 g/mol. The molecule has 0 aliphatic heterocycles. The first kappa shape index (κ1) is 12.0. The van der Waals surface area contributed by atoms with Gasteiger partial charge in [0, 0.05) is 5.69 Å². The summed E-state index contributed by atoms with van der Waals surface area (Å²) in [6.07, 6.45) is 3.44. The van der Waals surface area contributed by atoms with Crippen molar-refractivity contribution in [1.29, 1.82) is 0 Å². The molecule has 0 radical (unpaired) electrons. The van der Waals surface area contributed by atoms with Crippen LogP contribution in [0.1, 0.15) is 11.4 Å². The Morgan fingerprint density at radius 2 is 1.78 bits per heavy atom. The van der Waals surface area contributed by atoms with Gasteiger partial charge in [-0.3, -0.25) is 4.79 Å². The molecule has 0 aliphatic rings. The zero-order valence-electron chi connectivity index (χ0n) is 9.92. The van der Waals surface area contributed by atoms with E-state index in [0.717, 1.165) is 22.8 Å². The smallest absolute Gasteiger partial charge is 0.307 e. The number of nitrogens with one attached hydrogen (secondary N) is 1. The summed E-state index contributed by atoms with van der Waals surface area (Å²) in [5, 5.41) is 11.8. The fourth-order valence-corrected chi connectivity index (χ4v) is 1.50. The van der Waals surface area contributed by atoms with E-state index < -0.39 is 5.97 Å². The lowest BCUT2D eigenvalue weighted by Gasteiger charge is -2.06. The van der Waals surface area contributed by atoms with E-state index in [1.54, 1.807) is 24.5 Å². The SMILES string of the molecule is Cc1ncc(Nc2ccc(CC(=O)O)cc2)cn1. The molecule has 5 heteroatoms. The van der Waals surface area contributed by atoms with Crippen LogP contribution in [0.2, 0.25) is 0 Å². The molecule has 0 saturated heterocycles. The maximum absolute atomic E-state index is 10.5. The van der Waals surface area contributed by atoms with Gasteiger partial charge in [-0.15, -0.1) is 0 Å². The van der Waals surface area contributed by atoms with Gasteiger partial charge in [-0.2, -0.15) is 0 Å². The molecule has 0 unspecified atom stereocenters. The molecule has 0 amide bonds. The van der Waals surface area contributed by atoms with Crippen molar-refractivity contribution in [3.8, 4) is 0 Å². The number of hydrogen-bond acceptors (Lipinski definition) is 4. The quantitative estimate of drug-likeness (QED) is 0.860. The first-order valence-corrected chi connectivity index (χ1v) is 5.50. The molecule has 5 nitrogen and oxygen atoms in total. The number of hydrogen-bond donors (Lipinski definition) is 2. The first-order valence-electron chi connectivity index (χ1n) is 5.50. The van der Waals surface area contributed by atoms with E-state index in [1.807, 2.05) is 19.1 Å². The van der Waals surface area contributed by atoms with Gasteiger partial charge in [0.25, 0.3) is 0 Å². The van der Waals surface area contributed by atoms with E-state index in [1.165, 1.54) is 0 Å². The number of carboxylic acid groups (broad SMARTS) is 1. The number of carboxylic acids is 1. The minimum atomic E-state index is -0.831. The van der Waals surface area contributed by atoms with Crippen molar-refractivity contribution in [2.24, 2.45) is 0 Å². The highest BCUT2D eigenvalue weighted by atomic mass is 16.4. The Balaban J connectivity index is 2.06. The molecule has 2 rings (SSSR count). The number of nitrogens with zero attached hydrogens (tertiary/aromatic N) is 2. The topological polar surface area (TPSA) is 75.1 Å². The van der Waals surface area contributed by atoms with Crippen molar-refractivity contribution < 1.29 is 9.90 Å². The third-order valence-electron chi connectivity index (χ3n) is 2.38. The third-order valence-corrected chi connectivity index (χ3v) is 2.38. The normalized spacial score (nSPS) is 10.1. The van der Waals surface area contributed by atoms with Gasteiger partial charge < -0.3 is 10.4 Å². The van der Waals surface area contributed by atoms with Gasteiger partial charge in [0.2, 0.25) is 0 Å². The van der Waals surface area contributed by atoms with Crippen LogP contribution in [-0.2, 0) is 11.2 Å². The van der Waals surface area contributed by atoms with Crippen LogP contribution < -0.4 is 5.32 Å². The molecular formula is C13H13N3O2. The van der Waals surface area contributed by atoms with E-state index in [2.05, 4.69) is 15.3 Å². The highest BCUT2D eigenvalue weighted by Crippen LogP contribution is 2.15. The van der Waals surface area contributed by atoms with Crippen molar-refractivity contribution in [3.05, 3.63) is 48.0 Å². The van der Waals surface area contributed by atoms with E-state index >= 15 is 0 Å². The van der Waals surface area contributed by atoms with Gasteiger partial charge in [-0.25, -0.2) is 9.97 Å². The predicted octanol–water partition coefficient (Wildman–Crippen LogP) is 2.16. The minimum Gasteiger partial charge on any atom is -0.481 e. The van der Waals surface area contributed by atoms with Gasteiger partial charge in [0.15, 0.2) is 0 Å². The van der Waals surface area contributed by atoms with E-state index in [0.29, 0.717) is 0 Å². The van der Waals surface area contributed by atoms with Gasteiger partial charge in [-0.1, -0.05) is 12.1 Å². The molecule has 18 heavy (non-hydrogen) atoms. The molecule has 2 N–H and O–H groups in total. The summed E-state index contributed by atoms with van der Waals surface area (Å²) < 4.78 is 0. The second-order valence-electron chi connectivity index (χ2n) is 3.91. The second-order valence-corrected chi connectivity index (χ2v) is 3.91. The molecule has 0 fully saturated rings. The minimum absolute atomic E-state index is 0.0356. The number of rotatable bonds is 4. The fraction of sp³-hybridized carbons (Fsp3) is 0.154. The molecule has 1 heterocycles. The third kappa shape index (κ3) is 3.28. The second kappa shape index (κ2) is 5.27. The fourth-order valence-electron chi connectivity index (χ4n) is 1.50. The highest BCUT2D eigenvalue weighted by molar-refractivity contribution is 5.70. The zero-order valence-corrected chi connectivity index (χ0v) is 9.92. The number of anilines is 2. The average Bonchev–Trinajstić information content (AvgIpc) is 2.34. The van der Waals surface area contributed by atoms with Crippen LogP contribution in [0.15, 0.2) is 36.7 Å². The number of aliphatic carboxylic acids is 1. The van der Waals surface area contributed by atoms with Crippen LogP contribution in [0.25, 0.3) is 0 Å². The van der Waals surface area contributed by atoms with Crippen LogP contribution in [0.5, 0.6) is 0 Å². The van der Waals surface area contributed by atoms with E-state index in [-0.39, 0.29) is 6.42 Å². The number of carbonyl (C=O) groups is 1. The Labute approximate surface area is 105 Å². The van der Waals surface area contributed by atoms with Crippen molar-refractivity contribution in [2.45, 2.75) is 13.3 Å². The Hall–Kier alpha value is -2.43. The molecule has 0 bridgehead atoms. The Kier molecular flexibility index (Phi) is 3.52. The molecule has 1 aromatic carbocycles. The summed E-state index contributed by atoms with van der Waals surface area (Å²) in [7, 11) is 0. The molecule has 0 aliphatic carbocycles. The van der Waals surface area contributed by atoms with E-state index in [9.17, 15) is 4.79 Å². The van der Waals surface area contributed by atoms with E-state index in [4.69, 9.17) is 5.11 Å². The van der Waals surface area contributed by atoms with Crippen LogP contribution in [0, 0.1) is 6.92 Å². The number of aryl methyl sites for hydroxylation is 1. The summed E-state index contributed by atoms with van der Waals surface area (Å²) in [6.45, 7) is 1.82. The maximum Gasteiger partial charge on any atom is 0.307 e. The summed E-state index contributed by atoms with van der Waals surface area (Å²) in [5.41, 5.74) is 2.44. The van der Waals surface area contributed by atoms with Crippen LogP contribution in [-0.4, -0.2) is 21.0 Å². The standard InChI is InChI=1S/C13H13N3O2/c1-9-14-7-12(8-15-9)16-11-4-2-10(3-5-11)6-13(17)18/h2-5,7-8,16H,6H2,1H3,(H,17,18). The van der Waals surface area contributed by atoms with Crippen LogP contribution >= 0.6 is 0 Å². The summed E-state index contributed by atoms with van der Waals surface area (Å²) in [5.74, 6) is -0.111. The lowest BCUT2D eigenvalue weighted by molar-refractivity contribution is -0.136. The lowest BCUT2D eigenvalue weighted by Crippen LogP contribution is -2.00. The molecule has 92 valence electrons. The number of aromatic nitrogens is 2. The van der Waals surface area contributed by atoms with Gasteiger partial charge in [-0.05, 0) is 24.6 Å². The molecule has 0 spiro atoms. The predicted molar refractivity (Wildman–Crippen MR) is 67.8 cm³/mol. The summed E-state index contributed by atoms with van der Waals surface area (Å²) >= 11 is 0. The first-order chi connectivity index (χ1) is 8.63. The molecule has 0 atom stereocenters. The molecule has 1 aromatic heterocycles. The highest BCUT2D eigenvalue weighted by Gasteiger charge is 2.00. The molecule has 2 aromatic rings. The lowest BCUT2D eigenvalue weighted by atomic mass is 10.1. The van der Waals surface area contributed by atoms with Crippen molar-refractivity contribution >= 4 is 17.3 Å². The maximum atomic E-state index is 10.5.